The molecule has 19 heavy (non-hydrogen) atoms. The van der Waals surface area contributed by atoms with E-state index in [0.29, 0.717) is 10.7 Å². The standard InChI is InChI=1S/C14H12N2O2S/c17-13-8-4-1-5-10(13)9-19(18)14-15-11-6-2-3-7-12(11)16-14/h1-8,17H,9H2,(H,15,16). The molecule has 5 heteroatoms. The van der Waals surface area contributed by atoms with Crippen LogP contribution in [0.15, 0.2) is 53.7 Å². The number of rotatable bonds is 3. The Bertz CT molecular complexity index is 719. The van der Waals surface area contributed by atoms with Crippen molar-refractivity contribution in [1.29, 1.82) is 0 Å². The number of phenols is 1. The maximum atomic E-state index is 12.2. The Morgan fingerprint density at radius 1 is 1.11 bits per heavy atom. The third-order valence-corrected chi connectivity index (χ3v) is 4.06. The molecule has 0 amide bonds. The Hall–Kier alpha value is -2.14. The molecule has 3 rings (SSSR count). The average molecular weight is 272 g/mol. The van der Waals surface area contributed by atoms with Crippen LogP contribution in [0.4, 0.5) is 0 Å². The largest absolute Gasteiger partial charge is 0.508 e. The summed E-state index contributed by atoms with van der Waals surface area (Å²) in [5, 5.41) is 10.1. The topological polar surface area (TPSA) is 66.0 Å². The number of H-pyrrole nitrogens is 1. The van der Waals surface area contributed by atoms with Crippen LogP contribution < -0.4 is 0 Å². The van der Waals surface area contributed by atoms with Crippen LogP contribution in [-0.2, 0) is 16.6 Å². The van der Waals surface area contributed by atoms with E-state index in [9.17, 15) is 9.32 Å². The third-order valence-electron chi connectivity index (χ3n) is 2.86. The minimum Gasteiger partial charge on any atom is -0.508 e. The first-order valence-corrected chi connectivity index (χ1v) is 7.16. The second-order valence-electron chi connectivity index (χ2n) is 4.18. The maximum Gasteiger partial charge on any atom is 0.197 e. The van der Waals surface area contributed by atoms with E-state index in [1.165, 1.54) is 0 Å². The number of phenolic OH excluding ortho intramolecular Hbond substituents is 1. The molecule has 0 radical (unpaired) electrons. The first-order chi connectivity index (χ1) is 9.24. The highest BCUT2D eigenvalue weighted by atomic mass is 32.2. The minimum atomic E-state index is -1.30. The molecule has 4 nitrogen and oxygen atoms in total. The molecule has 1 unspecified atom stereocenters. The van der Waals surface area contributed by atoms with Crippen molar-refractivity contribution in [1.82, 2.24) is 9.97 Å². The highest BCUT2D eigenvalue weighted by Crippen LogP contribution is 2.20. The molecular weight excluding hydrogens is 260 g/mol. The maximum absolute atomic E-state index is 12.2. The van der Waals surface area contributed by atoms with Gasteiger partial charge in [0, 0.05) is 5.56 Å². The highest BCUT2D eigenvalue weighted by Gasteiger charge is 2.12. The summed E-state index contributed by atoms with van der Waals surface area (Å²) in [7, 11) is -1.30. The molecule has 0 aliphatic carbocycles. The summed E-state index contributed by atoms with van der Waals surface area (Å²) in [6, 6.07) is 14.4. The molecule has 2 N–H and O–H groups in total. The Labute approximate surface area is 112 Å². The molecule has 1 atom stereocenters. The van der Waals surface area contributed by atoms with Gasteiger partial charge < -0.3 is 10.1 Å². The number of aromatic hydroxyl groups is 1. The molecule has 0 bridgehead atoms. The quantitative estimate of drug-likeness (QED) is 0.770. The minimum absolute atomic E-state index is 0.159. The Kier molecular flexibility index (Phi) is 3.05. The van der Waals surface area contributed by atoms with Crippen LogP contribution in [-0.4, -0.2) is 19.3 Å². The predicted octanol–water partition coefficient (Wildman–Crippen LogP) is 2.58. The van der Waals surface area contributed by atoms with E-state index >= 15 is 0 Å². The number of fused-ring (bicyclic) bond motifs is 1. The van der Waals surface area contributed by atoms with Gasteiger partial charge in [-0.25, -0.2) is 4.98 Å². The van der Waals surface area contributed by atoms with Gasteiger partial charge in [-0.1, -0.05) is 30.3 Å². The number of hydrogen-bond donors (Lipinski definition) is 2. The van der Waals surface area contributed by atoms with Gasteiger partial charge in [0.15, 0.2) is 5.16 Å². The predicted molar refractivity (Wildman–Crippen MR) is 74.3 cm³/mol. The lowest BCUT2D eigenvalue weighted by atomic mass is 10.2. The molecule has 96 valence electrons. The first kappa shape index (κ1) is 11.9. The number of benzene rings is 2. The van der Waals surface area contributed by atoms with Crippen LogP contribution in [0.25, 0.3) is 11.0 Å². The summed E-state index contributed by atoms with van der Waals surface area (Å²) in [6.45, 7) is 0. The third kappa shape index (κ3) is 2.37. The fourth-order valence-electron chi connectivity index (χ4n) is 1.88. The number of hydrogen-bond acceptors (Lipinski definition) is 3. The average Bonchev–Trinajstić information content (AvgIpc) is 2.85. The Morgan fingerprint density at radius 3 is 2.63 bits per heavy atom. The summed E-state index contributed by atoms with van der Waals surface area (Å²) in [5.41, 5.74) is 2.31. The van der Waals surface area contributed by atoms with Gasteiger partial charge in [0.2, 0.25) is 0 Å². The van der Waals surface area contributed by atoms with E-state index in [-0.39, 0.29) is 11.5 Å². The van der Waals surface area contributed by atoms with E-state index in [4.69, 9.17) is 0 Å². The molecule has 0 fully saturated rings. The van der Waals surface area contributed by atoms with Gasteiger partial charge in [-0.05, 0) is 18.2 Å². The van der Waals surface area contributed by atoms with Gasteiger partial charge in [0.05, 0.1) is 27.6 Å². The van der Waals surface area contributed by atoms with E-state index in [1.54, 1.807) is 18.2 Å². The van der Waals surface area contributed by atoms with Gasteiger partial charge >= 0.3 is 0 Å². The molecule has 1 aromatic heterocycles. The van der Waals surface area contributed by atoms with Crippen LogP contribution in [0.2, 0.25) is 0 Å². The number of para-hydroxylation sites is 3. The van der Waals surface area contributed by atoms with E-state index < -0.39 is 10.8 Å². The zero-order chi connectivity index (χ0) is 13.2. The molecule has 0 aliphatic heterocycles. The van der Waals surface area contributed by atoms with Gasteiger partial charge in [0.1, 0.15) is 5.75 Å². The van der Waals surface area contributed by atoms with E-state index in [1.807, 2.05) is 30.3 Å². The SMILES string of the molecule is O=S(Cc1ccccc1O)c1nc2ccccc2[nH]1. The van der Waals surface area contributed by atoms with Gasteiger partial charge in [-0.2, -0.15) is 0 Å². The number of aromatic amines is 1. The molecular formula is C14H12N2O2S. The number of imidazole rings is 1. The van der Waals surface area contributed by atoms with Gasteiger partial charge in [-0.15, -0.1) is 0 Å². The van der Waals surface area contributed by atoms with Crippen molar-refractivity contribution in [3.8, 4) is 5.75 Å². The molecule has 0 saturated carbocycles. The summed E-state index contributed by atoms with van der Waals surface area (Å²) in [4.78, 5) is 7.34. The zero-order valence-electron chi connectivity index (χ0n) is 10.0. The molecule has 3 aromatic rings. The summed E-state index contributed by atoms with van der Waals surface area (Å²) < 4.78 is 12.2. The summed E-state index contributed by atoms with van der Waals surface area (Å²) in [6.07, 6.45) is 0. The zero-order valence-corrected chi connectivity index (χ0v) is 10.9. The lowest BCUT2D eigenvalue weighted by Gasteiger charge is -2.02. The molecule has 0 aliphatic rings. The molecule has 1 heterocycles. The van der Waals surface area contributed by atoms with Crippen molar-refractivity contribution >= 4 is 21.8 Å². The fraction of sp³-hybridized carbons (Fsp3) is 0.0714. The van der Waals surface area contributed by atoms with Gasteiger partial charge in [0.25, 0.3) is 0 Å². The normalized spacial score (nSPS) is 12.6. The van der Waals surface area contributed by atoms with Crippen molar-refractivity contribution in [3.63, 3.8) is 0 Å². The fourth-order valence-corrected chi connectivity index (χ4v) is 2.97. The lowest BCUT2D eigenvalue weighted by Crippen LogP contribution is -1.98. The molecule has 2 aromatic carbocycles. The van der Waals surface area contributed by atoms with Crippen LogP contribution in [0, 0.1) is 0 Å². The first-order valence-electron chi connectivity index (χ1n) is 5.84. The second-order valence-corrected chi connectivity index (χ2v) is 5.54. The van der Waals surface area contributed by atoms with Crippen LogP contribution >= 0.6 is 0 Å². The summed E-state index contributed by atoms with van der Waals surface area (Å²) in [5.74, 6) is 0.402. The Balaban J connectivity index is 1.90. The monoisotopic (exact) mass is 272 g/mol. The van der Waals surface area contributed by atoms with Crippen LogP contribution in [0.3, 0.4) is 0 Å². The number of nitrogens with zero attached hydrogens (tertiary/aromatic N) is 1. The highest BCUT2D eigenvalue weighted by molar-refractivity contribution is 7.84. The summed E-state index contributed by atoms with van der Waals surface area (Å²) >= 11 is 0. The van der Waals surface area contributed by atoms with Gasteiger partial charge in [-0.3, -0.25) is 4.21 Å². The smallest absolute Gasteiger partial charge is 0.197 e. The van der Waals surface area contributed by atoms with Crippen molar-refractivity contribution in [2.75, 3.05) is 0 Å². The van der Waals surface area contributed by atoms with Crippen molar-refractivity contribution in [3.05, 3.63) is 54.1 Å². The second kappa shape index (κ2) is 4.85. The van der Waals surface area contributed by atoms with Crippen molar-refractivity contribution in [2.24, 2.45) is 0 Å². The number of nitrogens with one attached hydrogen (secondary N) is 1. The molecule has 0 saturated heterocycles. The molecule has 0 spiro atoms. The van der Waals surface area contributed by atoms with E-state index in [0.717, 1.165) is 11.0 Å². The van der Waals surface area contributed by atoms with Crippen LogP contribution in [0.5, 0.6) is 5.75 Å². The van der Waals surface area contributed by atoms with E-state index in [2.05, 4.69) is 9.97 Å². The Morgan fingerprint density at radius 2 is 1.84 bits per heavy atom. The number of aromatic nitrogens is 2. The van der Waals surface area contributed by atoms with Crippen molar-refractivity contribution in [2.45, 2.75) is 10.9 Å². The lowest BCUT2D eigenvalue weighted by molar-refractivity contribution is 0.470. The van der Waals surface area contributed by atoms with Crippen LogP contribution in [0.1, 0.15) is 5.56 Å². The van der Waals surface area contributed by atoms with Crippen molar-refractivity contribution < 1.29 is 9.32 Å².